The van der Waals surface area contributed by atoms with Crippen LogP contribution in [-0.2, 0) is 4.79 Å². The summed E-state index contributed by atoms with van der Waals surface area (Å²) in [5.41, 5.74) is 5.11. The van der Waals surface area contributed by atoms with Crippen LogP contribution in [0.3, 0.4) is 0 Å². The number of hydrogen-bond acceptors (Lipinski definition) is 5. The lowest BCUT2D eigenvalue weighted by atomic mass is 9.67. The number of carbonyl (C=O) groups is 2. The minimum Gasteiger partial charge on any atom is -0.348 e. The zero-order valence-corrected chi connectivity index (χ0v) is 23.0. The Balaban J connectivity index is 1.23. The van der Waals surface area contributed by atoms with E-state index < -0.39 is 5.92 Å². The van der Waals surface area contributed by atoms with Crippen LogP contribution in [0.15, 0.2) is 59.9 Å². The highest BCUT2D eigenvalue weighted by molar-refractivity contribution is 6.03. The van der Waals surface area contributed by atoms with E-state index in [1.165, 1.54) is 12.1 Å². The highest BCUT2D eigenvalue weighted by Crippen LogP contribution is 2.53. The number of H-pyrrole nitrogens is 1. The van der Waals surface area contributed by atoms with Gasteiger partial charge in [-0.1, -0.05) is 50.0 Å². The van der Waals surface area contributed by atoms with Gasteiger partial charge in [-0.25, -0.2) is 4.39 Å². The molecule has 1 spiro atoms. The third-order valence-corrected chi connectivity index (χ3v) is 9.39. The first-order valence-corrected chi connectivity index (χ1v) is 14.8. The number of aromatic nitrogens is 3. The zero-order valence-electron chi connectivity index (χ0n) is 23.0. The number of hydrogen-bond donors (Lipinski definition) is 3. The van der Waals surface area contributed by atoms with Gasteiger partial charge in [0.05, 0.1) is 5.69 Å². The molecule has 1 aliphatic heterocycles. The second-order valence-electron chi connectivity index (χ2n) is 12.1. The monoisotopic (exact) mass is 551 g/mol. The molecule has 7 nitrogen and oxygen atoms in total. The molecule has 3 N–H and O–H groups in total. The fourth-order valence-corrected chi connectivity index (χ4v) is 7.35. The molecule has 41 heavy (non-hydrogen) atoms. The molecule has 0 bridgehead atoms. The number of fused-ring (bicyclic) bond motifs is 1. The van der Waals surface area contributed by atoms with Crippen molar-refractivity contribution >= 4 is 23.6 Å². The number of amides is 1. The number of Topliss-reactive ketones (excluding diaryl/α,β-unsaturated/α-hetero) is 1. The fourth-order valence-electron chi connectivity index (χ4n) is 7.35. The Kier molecular flexibility index (Phi) is 6.56. The predicted octanol–water partition coefficient (Wildman–Crippen LogP) is 6.68. The van der Waals surface area contributed by atoms with Crippen molar-refractivity contribution in [1.82, 2.24) is 20.5 Å². The molecule has 210 valence electrons. The number of pyridine rings is 1. The Morgan fingerprint density at radius 2 is 1.88 bits per heavy atom. The summed E-state index contributed by atoms with van der Waals surface area (Å²) in [6, 6.07) is 10.4. The van der Waals surface area contributed by atoms with Crippen LogP contribution in [0, 0.1) is 11.2 Å². The quantitative estimate of drug-likeness (QED) is 0.328. The lowest BCUT2D eigenvalue weighted by Crippen LogP contribution is -2.36. The molecule has 3 aliphatic carbocycles. The lowest BCUT2D eigenvalue weighted by molar-refractivity contribution is -0.118. The van der Waals surface area contributed by atoms with Crippen LogP contribution in [0.2, 0.25) is 0 Å². The van der Waals surface area contributed by atoms with Gasteiger partial charge in [0.1, 0.15) is 11.5 Å². The van der Waals surface area contributed by atoms with Crippen LogP contribution < -0.4 is 10.6 Å². The smallest absolute Gasteiger partial charge is 0.269 e. The number of allylic oxidation sites excluding steroid dienone is 3. The number of carbonyl (C=O) groups excluding carboxylic acids is 2. The van der Waals surface area contributed by atoms with Gasteiger partial charge in [0.15, 0.2) is 11.6 Å². The lowest BCUT2D eigenvalue weighted by Gasteiger charge is -2.39. The van der Waals surface area contributed by atoms with Crippen LogP contribution in [0.1, 0.15) is 91.9 Å². The molecular formula is C33H34FN5O2. The highest BCUT2D eigenvalue weighted by Gasteiger charge is 2.46. The number of halogens is 1. The van der Waals surface area contributed by atoms with Crippen molar-refractivity contribution in [2.75, 3.05) is 5.32 Å². The molecule has 3 aromatic rings. The predicted molar refractivity (Wildman–Crippen MR) is 156 cm³/mol. The number of anilines is 1. The van der Waals surface area contributed by atoms with Crippen LogP contribution in [0.25, 0.3) is 17.2 Å². The number of aromatic amines is 1. The number of nitrogens with zero attached hydrogens (tertiary/aromatic N) is 2. The van der Waals surface area contributed by atoms with E-state index in [0.717, 1.165) is 80.2 Å². The van der Waals surface area contributed by atoms with Gasteiger partial charge in [-0.15, -0.1) is 0 Å². The number of ketones is 1. The van der Waals surface area contributed by atoms with Crippen molar-refractivity contribution in [2.45, 2.75) is 76.2 Å². The van der Waals surface area contributed by atoms with Gasteiger partial charge in [0, 0.05) is 47.0 Å². The summed E-state index contributed by atoms with van der Waals surface area (Å²) in [4.78, 5) is 31.8. The van der Waals surface area contributed by atoms with E-state index in [1.807, 2.05) is 30.4 Å². The van der Waals surface area contributed by atoms with Crippen molar-refractivity contribution in [3.63, 3.8) is 0 Å². The Hall–Kier alpha value is -4.07. The minimum absolute atomic E-state index is 0.0297. The molecule has 2 aromatic heterocycles. The summed E-state index contributed by atoms with van der Waals surface area (Å²) in [5, 5.41) is 14.1. The van der Waals surface area contributed by atoms with Crippen molar-refractivity contribution in [2.24, 2.45) is 5.41 Å². The highest BCUT2D eigenvalue weighted by atomic mass is 19.1. The standard InChI is InChI=1S/C33H34FN5O2/c34-22-7-5-6-20(16-22)21-10-11-23(35-19-21)12-13-25-28-26(17-33(18-27(28)40)14-3-4-15-33)37-31-29(25)30(38-39-31)32(41)36-24-8-1-2-9-24/h5-7,10-13,16,19,24-25H,1-4,8-9,14-15,17-18H2,(H,36,41)(H2,37,38,39)/b13-12+. The van der Waals surface area contributed by atoms with E-state index in [1.54, 1.807) is 12.3 Å². The van der Waals surface area contributed by atoms with Crippen molar-refractivity contribution < 1.29 is 14.0 Å². The summed E-state index contributed by atoms with van der Waals surface area (Å²) in [5.74, 6) is -0.115. The molecule has 2 saturated carbocycles. The van der Waals surface area contributed by atoms with Gasteiger partial charge in [-0.05, 0) is 67.4 Å². The summed E-state index contributed by atoms with van der Waals surface area (Å²) >= 11 is 0. The van der Waals surface area contributed by atoms with E-state index in [9.17, 15) is 14.0 Å². The topological polar surface area (TPSA) is 99.8 Å². The van der Waals surface area contributed by atoms with E-state index >= 15 is 0 Å². The first-order chi connectivity index (χ1) is 20.0. The van der Waals surface area contributed by atoms with E-state index in [0.29, 0.717) is 29.2 Å². The molecule has 0 saturated heterocycles. The summed E-state index contributed by atoms with van der Waals surface area (Å²) in [6.45, 7) is 0. The van der Waals surface area contributed by atoms with Crippen molar-refractivity contribution in [3.05, 3.63) is 82.7 Å². The second-order valence-corrected chi connectivity index (χ2v) is 12.1. The third kappa shape index (κ3) is 4.89. The number of benzene rings is 1. The average Bonchev–Trinajstić information content (AvgIpc) is 3.73. The van der Waals surface area contributed by atoms with Crippen molar-refractivity contribution in [3.8, 4) is 11.1 Å². The molecule has 3 heterocycles. The van der Waals surface area contributed by atoms with Gasteiger partial charge < -0.3 is 10.6 Å². The van der Waals surface area contributed by atoms with Gasteiger partial charge in [0.25, 0.3) is 5.91 Å². The summed E-state index contributed by atoms with van der Waals surface area (Å²) < 4.78 is 13.7. The van der Waals surface area contributed by atoms with Crippen LogP contribution in [0.4, 0.5) is 10.2 Å². The van der Waals surface area contributed by atoms with E-state index in [2.05, 4.69) is 25.8 Å². The third-order valence-electron chi connectivity index (χ3n) is 9.39. The molecule has 8 heteroatoms. The first kappa shape index (κ1) is 25.9. The van der Waals surface area contributed by atoms with E-state index in [-0.39, 0.29) is 29.0 Å². The van der Waals surface area contributed by atoms with Gasteiger partial charge in [0.2, 0.25) is 0 Å². The van der Waals surface area contributed by atoms with Crippen LogP contribution in [0.5, 0.6) is 0 Å². The summed E-state index contributed by atoms with van der Waals surface area (Å²) in [6.07, 6.45) is 15.7. The largest absolute Gasteiger partial charge is 0.348 e. The Bertz CT molecular complexity index is 1560. The van der Waals surface area contributed by atoms with Crippen LogP contribution in [-0.4, -0.2) is 32.9 Å². The molecule has 1 atom stereocenters. The Labute approximate surface area is 238 Å². The molecule has 4 aliphatic rings. The van der Waals surface area contributed by atoms with Crippen molar-refractivity contribution in [1.29, 1.82) is 0 Å². The molecule has 1 amide bonds. The Morgan fingerprint density at radius 3 is 2.63 bits per heavy atom. The second kappa shape index (κ2) is 10.4. The molecule has 7 rings (SSSR count). The molecule has 1 unspecified atom stereocenters. The maximum atomic E-state index is 13.8. The SMILES string of the molecule is O=C1CC2(CCCC2)CC2=C1C(/C=C/c1ccc(-c3cccc(F)c3)cn1)c1c(n[nH]c1C(=O)NC1CCCC1)N2. The van der Waals surface area contributed by atoms with Gasteiger partial charge in [-0.2, -0.15) is 5.10 Å². The molecule has 1 aromatic carbocycles. The maximum absolute atomic E-state index is 13.8. The maximum Gasteiger partial charge on any atom is 0.269 e. The van der Waals surface area contributed by atoms with Gasteiger partial charge in [-0.3, -0.25) is 19.7 Å². The zero-order chi connectivity index (χ0) is 28.0. The number of nitrogens with one attached hydrogen (secondary N) is 3. The normalized spacial score (nSPS) is 21.8. The molecular weight excluding hydrogens is 517 g/mol. The van der Waals surface area contributed by atoms with E-state index in [4.69, 9.17) is 0 Å². The average molecular weight is 552 g/mol. The molecule has 0 radical (unpaired) electrons. The fraction of sp³-hybridized carbons (Fsp3) is 0.394. The Morgan fingerprint density at radius 1 is 1.05 bits per heavy atom. The van der Waals surface area contributed by atoms with Crippen LogP contribution >= 0.6 is 0 Å². The first-order valence-electron chi connectivity index (χ1n) is 14.8. The molecule has 2 fully saturated rings. The minimum atomic E-state index is -0.416. The van der Waals surface area contributed by atoms with Gasteiger partial charge >= 0.3 is 0 Å². The number of rotatable bonds is 5. The summed E-state index contributed by atoms with van der Waals surface area (Å²) in [7, 11) is 0.